The Kier molecular flexibility index (Phi) is 7.66. The molecule has 1 aromatic carbocycles. The lowest BCUT2D eigenvalue weighted by Gasteiger charge is -2.23. The van der Waals surface area contributed by atoms with Crippen molar-refractivity contribution < 1.29 is 17.9 Å². The summed E-state index contributed by atoms with van der Waals surface area (Å²) in [5.41, 5.74) is 0.828. The summed E-state index contributed by atoms with van der Waals surface area (Å²) in [5.74, 6) is 0.104. The van der Waals surface area contributed by atoms with E-state index in [0.29, 0.717) is 18.2 Å². The van der Waals surface area contributed by atoms with E-state index in [1.807, 2.05) is 18.2 Å². The van der Waals surface area contributed by atoms with Gasteiger partial charge in [-0.25, -0.2) is 4.98 Å². The van der Waals surface area contributed by atoms with E-state index in [1.54, 1.807) is 13.1 Å². The van der Waals surface area contributed by atoms with E-state index in [0.717, 1.165) is 37.4 Å². The summed E-state index contributed by atoms with van der Waals surface area (Å²) in [6, 6.07) is 7.47. The molecule has 7 heteroatoms. The largest absolute Gasteiger partial charge is 0.463 e. The lowest BCUT2D eigenvalue weighted by atomic mass is 9.98. The number of hydrogen-bond donors (Lipinski definition) is 0. The molecular formula is C21H28F3N3O. The summed E-state index contributed by atoms with van der Waals surface area (Å²) < 4.78 is 46.0. The van der Waals surface area contributed by atoms with Crippen LogP contribution in [0.2, 0.25) is 0 Å². The van der Waals surface area contributed by atoms with Gasteiger partial charge in [0.15, 0.2) is 5.82 Å². The predicted molar refractivity (Wildman–Crippen MR) is 105 cm³/mol. The standard InChI is InChI=1S/C21H28F3N3O/c1-5-7-8-12-28-20-25-14-18(21(22,23)24)19(26-20)27(4)17-11-9-10-16(13-17)15(3)6-2/h9-11,13-15H,5-8,12H2,1-4H3. The molecule has 1 atom stereocenters. The first-order chi connectivity index (χ1) is 13.3. The van der Waals surface area contributed by atoms with Gasteiger partial charge < -0.3 is 9.64 Å². The fraction of sp³-hybridized carbons (Fsp3) is 0.524. The molecule has 0 radical (unpaired) electrons. The van der Waals surface area contributed by atoms with Crippen LogP contribution < -0.4 is 9.64 Å². The number of anilines is 2. The van der Waals surface area contributed by atoms with E-state index in [4.69, 9.17) is 4.74 Å². The molecule has 0 fully saturated rings. The molecule has 1 aromatic heterocycles. The van der Waals surface area contributed by atoms with E-state index < -0.39 is 11.7 Å². The molecule has 1 unspecified atom stereocenters. The monoisotopic (exact) mass is 395 g/mol. The Morgan fingerprint density at radius 3 is 2.57 bits per heavy atom. The van der Waals surface area contributed by atoms with Crippen LogP contribution in [0.25, 0.3) is 0 Å². The van der Waals surface area contributed by atoms with E-state index in [2.05, 4.69) is 30.7 Å². The number of aromatic nitrogens is 2. The molecule has 28 heavy (non-hydrogen) atoms. The van der Waals surface area contributed by atoms with Crippen molar-refractivity contribution in [3.8, 4) is 6.01 Å². The second-order valence-corrected chi connectivity index (χ2v) is 6.91. The minimum Gasteiger partial charge on any atom is -0.463 e. The fourth-order valence-electron chi connectivity index (χ4n) is 2.80. The predicted octanol–water partition coefficient (Wildman–Crippen LogP) is 6.35. The molecule has 0 amide bonds. The Morgan fingerprint density at radius 2 is 1.93 bits per heavy atom. The Balaban J connectivity index is 2.37. The molecule has 0 aliphatic rings. The Morgan fingerprint density at radius 1 is 1.18 bits per heavy atom. The molecule has 0 saturated heterocycles. The molecule has 0 N–H and O–H groups in total. The molecular weight excluding hydrogens is 367 g/mol. The van der Waals surface area contributed by atoms with Gasteiger partial charge in [0.05, 0.1) is 6.61 Å². The van der Waals surface area contributed by atoms with Crippen LogP contribution in [0.4, 0.5) is 24.7 Å². The van der Waals surface area contributed by atoms with Crippen LogP contribution in [0.1, 0.15) is 63.5 Å². The molecule has 2 aromatic rings. The van der Waals surface area contributed by atoms with Crippen molar-refractivity contribution in [1.82, 2.24) is 9.97 Å². The molecule has 1 heterocycles. The van der Waals surface area contributed by atoms with Gasteiger partial charge in [-0.1, -0.05) is 45.7 Å². The third-order valence-electron chi connectivity index (χ3n) is 4.79. The first kappa shape index (κ1) is 22.0. The SMILES string of the molecule is CCCCCOc1ncc(C(F)(F)F)c(N(C)c2cccc(C(C)CC)c2)n1. The second-order valence-electron chi connectivity index (χ2n) is 6.91. The number of ether oxygens (including phenoxy) is 1. The maximum atomic E-state index is 13.5. The highest BCUT2D eigenvalue weighted by Gasteiger charge is 2.36. The van der Waals surface area contributed by atoms with Crippen molar-refractivity contribution >= 4 is 11.5 Å². The minimum atomic E-state index is -4.56. The van der Waals surface area contributed by atoms with Crippen molar-refractivity contribution in [2.24, 2.45) is 0 Å². The number of rotatable bonds is 9. The zero-order valence-corrected chi connectivity index (χ0v) is 16.9. The van der Waals surface area contributed by atoms with Gasteiger partial charge in [0.2, 0.25) is 0 Å². The summed E-state index contributed by atoms with van der Waals surface area (Å²) in [6.07, 6.45) is 0.00588. The van der Waals surface area contributed by atoms with E-state index >= 15 is 0 Å². The van der Waals surface area contributed by atoms with E-state index in [1.165, 1.54) is 4.90 Å². The maximum Gasteiger partial charge on any atom is 0.421 e. The van der Waals surface area contributed by atoms with Crippen molar-refractivity contribution in [3.05, 3.63) is 41.6 Å². The highest BCUT2D eigenvalue weighted by atomic mass is 19.4. The Labute approximate surface area is 164 Å². The number of benzene rings is 1. The number of alkyl halides is 3. The van der Waals surface area contributed by atoms with Crippen LogP contribution in [0, 0.1) is 0 Å². The summed E-state index contributed by atoms with van der Waals surface area (Å²) in [6.45, 7) is 6.61. The number of unbranched alkanes of at least 4 members (excludes halogenated alkanes) is 2. The first-order valence-corrected chi connectivity index (χ1v) is 9.68. The van der Waals surface area contributed by atoms with Crippen LogP contribution in [0.15, 0.2) is 30.5 Å². The smallest absolute Gasteiger partial charge is 0.421 e. The molecule has 0 aliphatic carbocycles. The summed E-state index contributed by atoms with van der Waals surface area (Å²) in [4.78, 5) is 9.28. The molecule has 4 nitrogen and oxygen atoms in total. The summed E-state index contributed by atoms with van der Waals surface area (Å²) >= 11 is 0. The van der Waals surface area contributed by atoms with Crippen molar-refractivity contribution in [2.45, 2.75) is 58.5 Å². The van der Waals surface area contributed by atoms with Gasteiger partial charge in [-0.3, -0.25) is 0 Å². The van der Waals surface area contributed by atoms with Crippen LogP contribution in [0.5, 0.6) is 6.01 Å². The van der Waals surface area contributed by atoms with Crippen LogP contribution >= 0.6 is 0 Å². The van der Waals surface area contributed by atoms with Gasteiger partial charge in [0, 0.05) is 18.9 Å². The van der Waals surface area contributed by atoms with Gasteiger partial charge in [0.1, 0.15) is 5.56 Å². The van der Waals surface area contributed by atoms with Crippen LogP contribution in [-0.2, 0) is 6.18 Å². The average Bonchev–Trinajstić information content (AvgIpc) is 2.69. The second kappa shape index (κ2) is 9.75. The Hall–Kier alpha value is -2.31. The van der Waals surface area contributed by atoms with Gasteiger partial charge in [-0.2, -0.15) is 18.2 Å². The maximum absolute atomic E-state index is 13.5. The average molecular weight is 395 g/mol. The minimum absolute atomic E-state index is 0.0379. The number of halogens is 3. The highest BCUT2D eigenvalue weighted by molar-refractivity contribution is 5.63. The normalized spacial score (nSPS) is 12.7. The third-order valence-corrected chi connectivity index (χ3v) is 4.79. The summed E-state index contributed by atoms with van der Waals surface area (Å²) in [5, 5.41) is 0. The number of hydrogen-bond acceptors (Lipinski definition) is 4. The van der Waals surface area contributed by atoms with Crippen molar-refractivity contribution in [1.29, 1.82) is 0 Å². The van der Waals surface area contributed by atoms with Gasteiger partial charge in [-0.15, -0.1) is 0 Å². The number of nitrogens with zero attached hydrogens (tertiary/aromatic N) is 3. The Bertz CT molecular complexity index is 765. The van der Waals surface area contributed by atoms with E-state index in [9.17, 15) is 13.2 Å². The van der Waals surface area contributed by atoms with Crippen LogP contribution in [-0.4, -0.2) is 23.6 Å². The lowest BCUT2D eigenvalue weighted by Crippen LogP contribution is -2.19. The molecule has 0 bridgehead atoms. The van der Waals surface area contributed by atoms with Gasteiger partial charge >= 0.3 is 12.2 Å². The molecule has 0 aliphatic heterocycles. The topological polar surface area (TPSA) is 38.2 Å². The highest BCUT2D eigenvalue weighted by Crippen LogP contribution is 2.38. The summed E-state index contributed by atoms with van der Waals surface area (Å²) in [7, 11) is 1.58. The van der Waals surface area contributed by atoms with Crippen molar-refractivity contribution in [2.75, 3.05) is 18.6 Å². The van der Waals surface area contributed by atoms with E-state index in [-0.39, 0.29) is 11.8 Å². The van der Waals surface area contributed by atoms with Gasteiger partial charge in [-0.05, 0) is 36.5 Å². The molecule has 0 spiro atoms. The zero-order valence-electron chi connectivity index (χ0n) is 16.9. The zero-order chi connectivity index (χ0) is 20.7. The fourth-order valence-corrected chi connectivity index (χ4v) is 2.80. The third kappa shape index (κ3) is 5.59. The molecule has 0 saturated carbocycles. The van der Waals surface area contributed by atoms with Gasteiger partial charge in [0.25, 0.3) is 0 Å². The lowest BCUT2D eigenvalue weighted by molar-refractivity contribution is -0.137. The quantitative estimate of drug-likeness (QED) is 0.464. The molecule has 2 rings (SSSR count). The van der Waals surface area contributed by atoms with Crippen molar-refractivity contribution in [3.63, 3.8) is 0 Å². The first-order valence-electron chi connectivity index (χ1n) is 9.68. The molecule has 154 valence electrons. The van der Waals surface area contributed by atoms with Crippen LogP contribution in [0.3, 0.4) is 0 Å².